The van der Waals surface area contributed by atoms with E-state index in [9.17, 15) is 9.18 Å². The van der Waals surface area contributed by atoms with Crippen molar-refractivity contribution in [1.82, 2.24) is 5.32 Å². The van der Waals surface area contributed by atoms with Crippen LogP contribution >= 0.6 is 0 Å². The first kappa shape index (κ1) is 14.8. The molecule has 0 aromatic heterocycles. The fourth-order valence-electron chi connectivity index (χ4n) is 2.81. The molecule has 1 aliphatic carbocycles. The van der Waals surface area contributed by atoms with E-state index < -0.39 is 5.54 Å². The van der Waals surface area contributed by atoms with Gasteiger partial charge in [-0.25, -0.2) is 4.39 Å². The fourth-order valence-corrected chi connectivity index (χ4v) is 2.81. The molecule has 2 unspecified atom stereocenters. The number of nitrogens with one attached hydrogen (secondary N) is 1. The van der Waals surface area contributed by atoms with Gasteiger partial charge in [0.05, 0.1) is 0 Å². The zero-order chi connectivity index (χ0) is 14.8. The van der Waals surface area contributed by atoms with Crippen molar-refractivity contribution >= 4 is 5.91 Å². The summed E-state index contributed by atoms with van der Waals surface area (Å²) in [7, 11) is 0. The van der Waals surface area contributed by atoms with Crippen LogP contribution in [0.25, 0.3) is 0 Å². The lowest BCUT2D eigenvalue weighted by molar-refractivity contribution is -0.124. The summed E-state index contributed by atoms with van der Waals surface area (Å²) in [4.78, 5) is 11.8. The summed E-state index contributed by atoms with van der Waals surface area (Å²) in [5, 5.41) is 3.25. The van der Waals surface area contributed by atoms with E-state index in [2.05, 4.69) is 5.32 Å². The van der Waals surface area contributed by atoms with Gasteiger partial charge in [0.2, 0.25) is 5.91 Å². The van der Waals surface area contributed by atoms with Crippen LogP contribution in [0.1, 0.15) is 33.1 Å². The van der Waals surface area contributed by atoms with E-state index >= 15 is 0 Å². The number of rotatable bonds is 5. The molecule has 1 fully saturated rings. The minimum absolute atomic E-state index is 0.129. The summed E-state index contributed by atoms with van der Waals surface area (Å²) in [5.74, 6) is -0.196. The number of amides is 1. The third-order valence-electron chi connectivity index (χ3n) is 3.60. The van der Waals surface area contributed by atoms with Crippen molar-refractivity contribution < 1.29 is 13.9 Å². The van der Waals surface area contributed by atoms with E-state index in [0.717, 1.165) is 6.42 Å². The number of benzene rings is 1. The standard InChI is InChI=1S/C15H21FN2O2/c1-10(2)18-15(14(17)19)7-6-13(9-15)20-12-5-3-4-11(16)8-12/h3-5,8,10,13,18H,6-7,9H2,1-2H3,(H2,17,19). The largest absolute Gasteiger partial charge is 0.490 e. The number of ether oxygens (including phenoxy) is 1. The van der Waals surface area contributed by atoms with Crippen molar-refractivity contribution in [2.24, 2.45) is 5.73 Å². The minimum Gasteiger partial charge on any atom is -0.490 e. The number of carbonyl (C=O) groups is 1. The molecule has 0 radical (unpaired) electrons. The average molecular weight is 280 g/mol. The van der Waals surface area contributed by atoms with Gasteiger partial charge < -0.3 is 15.8 Å². The topological polar surface area (TPSA) is 64.3 Å². The van der Waals surface area contributed by atoms with E-state index in [0.29, 0.717) is 18.6 Å². The molecule has 0 bridgehead atoms. The van der Waals surface area contributed by atoms with Crippen molar-refractivity contribution in [3.63, 3.8) is 0 Å². The Morgan fingerprint density at radius 1 is 1.55 bits per heavy atom. The Balaban J connectivity index is 2.05. The summed E-state index contributed by atoms with van der Waals surface area (Å²) in [6.45, 7) is 3.96. The lowest BCUT2D eigenvalue weighted by atomic mass is 9.95. The molecule has 0 spiro atoms. The van der Waals surface area contributed by atoms with Crippen molar-refractivity contribution in [3.05, 3.63) is 30.1 Å². The Labute approximate surface area is 118 Å². The maximum Gasteiger partial charge on any atom is 0.237 e. The quantitative estimate of drug-likeness (QED) is 0.867. The molecular weight excluding hydrogens is 259 g/mol. The number of hydrogen-bond acceptors (Lipinski definition) is 3. The van der Waals surface area contributed by atoms with Gasteiger partial charge in [0.25, 0.3) is 0 Å². The first-order valence-corrected chi connectivity index (χ1v) is 6.91. The zero-order valence-corrected chi connectivity index (χ0v) is 11.9. The van der Waals surface area contributed by atoms with Crippen LogP contribution in [0.15, 0.2) is 24.3 Å². The summed E-state index contributed by atoms with van der Waals surface area (Å²) in [5.41, 5.74) is 4.83. The van der Waals surface area contributed by atoms with E-state index in [1.807, 2.05) is 13.8 Å². The van der Waals surface area contributed by atoms with Crippen molar-refractivity contribution in [1.29, 1.82) is 0 Å². The maximum atomic E-state index is 13.1. The molecule has 3 N–H and O–H groups in total. The van der Waals surface area contributed by atoms with E-state index in [4.69, 9.17) is 10.5 Å². The molecule has 1 aromatic carbocycles. The first-order chi connectivity index (χ1) is 9.41. The number of carbonyl (C=O) groups excluding carboxylic acids is 1. The summed E-state index contributed by atoms with van der Waals surface area (Å²) < 4.78 is 18.9. The van der Waals surface area contributed by atoms with Gasteiger partial charge in [-0.15, -0.1) is 0 Å². The number of primary amides is 1. The van der Waals surface area contributed by atoms with Gasteiger partial charge in [0, 0.05) is 18.5 Å². The van der Waals surface area contributed by atoms with Gasteiger partial charge in [0.15, 0.2) is 0 Å². The second-order valence-electron chi connectivity index (χ2n) is 5.69. The van der Waals surface area contributed by atoms with E-state index in [1.54, 1.807) is 12.1 Å². The lowest BCUT2D eigenvalue weighted by Crippen LogP contribution is -2.56. The molecule has 20 heavy (non-hydrogen) atoms. The van der Waals surface area contributed by atoms with Gasteiger partial charge in [-0.1, -0.05) is 6.07 Å². The summed E-state index contributed by atoms with van der Waals surface area (Å²) in [6, 6.07) is 6.20. The molecule has 4 nitrogen and oxygen atoms in total. The summed E-state index contributed by atoms with van der Waals surface area (Å²) in [6.07, 6.45) is 1.74. The molecule has 1 aromatic rings. The monoisotopic (exact) mass is 280 g/mol. The summed E-state index contributed by atoms with van der Waals surface area (Å²) >= 11 is 0. The SMILES string of the molecule is CC(C)NC1(C(N)=O)CCC(Oc2cccc(F)c2)C1. The predicted octanol–water partition coefficient (Wildman–Crippen LogP) is 1.98. The Kier molecular flexibility index (Phi) is 4.28. The molecule has 1 amide bonds. The molecule has 0 heterocycles. The van der Waals surface area contributed by atoms with E-state index in [-0.39, 0.29) is 23.9 Å². The van der Waals surface area contributed by atoms with Crippen LogP contribution < -0.4 is 15.8 Å². The van der Waals surface area contributed by atoms with Crippen LogP contribution in [0.3, 0.4) is 0 Å². The number of halogens is 1. The molecule has 5 heteroatoms. The predicted molar refractivity (Wildman–Crippen MR) is 74.9 cm³/mol. The van der Waals surface area contributed by atoms with Crippen LogP contribution in [0.4, 0.5) is 4.39 Å². The fraction of sp³-hybridized carbons (Fsp3) is 0.533. The molecule has 2 atom stereocenters. The first-order valence-electron chi connectivity index (χ1n) is 6.91. The van der Waals surface area contributed by atoms with Crippen molar-refractivity contribution in [3.8, 4) is 5.75 Å². The highest BCUT2D eigenvalue weighted by molar-refractivity contribution is 5.85. The van der Waals surface area contributed by atoms with Gasteiger partial charge in [-0.05, 0) is 38.8 Å². The van der Waals surface area contributed by atoms with Crippen LogP contribution in [0.5, 0.6) is 5.75 Å². The molecule has 0 aliphatic heterocycles. The number of hydrogen-bond donors (Lipinski definition) is 2. The minimum atomic E-state index is -0.716. The molecule has 110 valence electrons. The highest BCUT2D eigenvalue weighted by Gasteiger charge is 2.45. The maximum absolute atomic E-state index is 13.1. The Hall–Kier alpha value is -1.62. The highest BCUT2D eigenvalue weighted by Crippen LogP contribution is 2.33. The zero-order valence-electron chi connectivity index (χ0n) is 11.9. The van der Waals surface area contributed by atoms with Crippen LogP contribution in [-0.2, 0) is 4.79 Å². The molecule has 1 saturated carbocycles. The molecule has 2 rings (SSSR count). The Morgan fingerprint density at radius 2 is 2.30 bits per heavy atom. The Morgan fingerprint density at radius 3 is 2.90 bits per heavy atom. The van der Waals surface area contributed by atoms with Gasteiger partial charge >= 0.3 is 0 Å². The van der Waals surface area contributed by atoms with Gasteiger partial charge in [-0.3, -0.25) is 4.79 Å². The van der Waals surface area contributed by atoms with Crippen LogP contribution in [0.2, 0.25) is 0 Å². The van der Waals surface area contributed by atoms with Crippen molar-refractivity contribution in [2.75, 3.05) is 0 Å². The number of nitrogens with two attached hydrogens (primary N) is 1. The normalized spacial score (nSPS) is 25.9. The second kappa shape index (κ2) is 5.79. The molecule has 1 aliphatic rings. The van der Waals surface area contributed by atoms with Crippen LogP contribution in [0, 0.1) is 5.82 Å². The van der Waals surface area contributed by atoms with E-state index in [1.165, 1.54) is 12.1 Å². The van der Waals surface area contributed by atoms with Crippen LogP contribution in [-0.4, -0.2) is 23.6 Å². The van der Waals surface area contributed by atoms with Crippen molar-refractivity contribution in [2.45, 2.75) is 50.8 Å². The third kappa shape index (κ3) is 3.28. The second-order valence-corrected chi connectivity index (χ2v) is 5.69. The smallest absolute Gasteiger partial charge is 0.237 e. The third-order valence-corrected chi connectivity index (χ3v) is 3.60. The van der Waals surface area contributed by atoms with Gasteiger partial charge in [-0.2, -0.15) is 0 Å². The lowest BCUT2D eigenvalue weighted by Gasteiger charge is -2.29. The van der Waals surface area contributed by atoms with Gasteiger partial charge in [0.1, 0.15) is 23.2 Å². The molecule has 0 saturated heterocycles. The average Bonchev–Trinajstić information content (AvgIpc) is 2.72. The molecular formula is C15H21FN2O2. The Bertz CT molecular complexity index is 493. The highest BCUT2D eigenvalue weighted by atomic mass is 19.1.